The molecule has 0 bridgehead atoms. The van der Waals surface area contributed by atoms with Crippen LogP contribution in [-0.2, 0) is 5.60 Å². The Morgan fingerprint density at radius 2 is 2.13 bits per heavy atom. The Morgan fingerprint density at radius 3 is 2.74 bits per heavy atom. The zero-order valence-electron chi connectivity index (χ0n) is 13.1. The third-order valence-electron chi connectivity index (χ3n) is 3.28. The first kappa shape index (κ1) is 16.8. The topological polar surface area (TPSA) is 83.7 Å². The van der Waals surface area contributed by atoms with Crippen molar-refractivity contribution in [1.82, 2.24) is 5.32 Å². The van der Waals surface area contributed by atoms with Gasteiger partial charge in [0.25, 0.3) is 0 Å². The average Bonchev–Trinajstić information content (AvgIpc) is 2.94. The summed E-state index contributed by atoms with van der Waals surface area (Å²) in [7, 11) is 1.38. The molecule has 23 heavy (non-hydrogen) atoms. The van der Waals surface area contributed by atoms with E-state index >= 15 is 0 Å². The summed E-state index contributed by atoms with van der Waals surface area (Å²) in [5, 5.41) is 15.4. The van der Waals surface area contributed by atoms with Crippen LogP contribution in [0, 0.1) is 12.7 Å². The number of urea groups is 1. The smallest absolute Gasteiger partial charge is 0.319 e. The van der Waals surface area contributed by atoms with E-state index in [-0.39, 0.29) is 12.3 Å². The average molecular weight is 322 g/mol. The maximum absolute atomic E-state index is 13.1. The molecule has 0 saturated heterocycles. The minimum absolute atomic E-state index is 0.0602. The molecule has 0 aliphatic rings. The molecule has 6 nitrogen and oxygen atoms in total. The van der Waals surface area contributed by atoms with Gasteiger partial charge in [-0.3, -0.25) is 0 Å². The molecule has 1 aromatic carbocycles. The van der Waals surface area contributed by atoms with Gasteiger partial charge in [-0.1, -0.05) is 0 Å². The Balaban J connectivity index is 1.97. The van der Waals surface area contributed by atoms with Crippen LogP contribution < -0.4 is 15.4 Å². The molecule has 1 heterocycles. The molecule has 2 aromatic rings. The van der Waals surface area contributed by atoms with Gasteiger partial charge < -0.3 is 24.9 Å². The molecular weight excluding hydrogens is 303 g/mol. The summed E-state index contributed by atoms with van der Waals surface area (Å²) >= 11 is 0. The maximum Gasteiger partial charge on any atom is 0.319 e. The van der Waals surface area contributed by atoms with Gasteiger partial charge in [-0.2, -0.15) is 0 Å². The van der Waals surface area contributed by atoms with Gasteiger partial charge >= 0.3 is 6.03 Å². The lowest BCUT2D eigenvalue weighted by Crippen LogP contribution is -2.40. The zero-order chi connectivity index (χ0) is 17.0. The number of carbonyl (C=O) groups excluding carboxylic acids is 1. The van der Waals surface area contributed by atoms with Crippen molar-refractivity contribution < 1.29 is 23.4 Å². The molecule has 0 spiro atoms. The lowest BCUT2D eigenvalue weighted by atomic mass is 10.0. The van der Waals surface area contributed by atoms with Crippen LogP contribution in [0.1, 0.15) is 18.4 Å². The van der Waals surface area contributed by atoms with Crippen molar-refractivity contribution in [3.05, 3.63) is 47.7 Å². The Labute approximate surface area is 133 Å². The normalized spacial score (nSPS) is 13.3. The van der Waals surface area contributed by atoms with E-state index in [9.17, 15) is 14.3 Å². The fourth-order valence-electron chi connectivity index (χ4n) is 2.00. The predicted molar refractivity (Wildman–Crippen MR) is 83.0 cm³/mol. The summed E-state index contributed by atoms with van der Waals surface area (Å²) in [4.78, 5) is 11.9. The molecule has 1 aromatic heterocycles. The lowest BCUT2D eigenvalue weighted by Gasteiger charge is -2.21. The van der Waals surface area contributed by atoms with Gasteiger partial charge in [-0.05, 0) is 38.1 Å². The number of carbonyl (C=O) groups is 1. The number of nitrogens with one attached hydrogen (secondary N) is 2. The fraction of sp³-hybridized carbons (Fsp3) is 0.312. The van der Waals surface area contributed by atoms with Crippen LogP contribution in [-0.4, -0.2) is 24.8 Å². The third-order valence-corrected chi connectivity index (χ3v) is 3.28. The molecule has 3 N–H and O–H groups in total. The summed E-state index contributed by atoms with van der Waals surface area (Å²) < 4.78 is 23.5. The zero-order valence-corrected chi connectivity index (χ0v) is 13.1. The molecule has 2 rings (SSSR count). The summed E-state index contributed by atoms with van der Waals surface area (Å²) in [6, 6.07) is 6.59. The number of ether oxygens (including phenoxy) is 1. The number of amides is 2. The van der Waals surface area contributed by atoms with Crippen molar-refractivity contribution in [2.75, 3.05) is 19.0 Å². The van der Waals surface area contributed by atoms with Gasteiger partial charge in [0.1, 0.15) is 28.7 Å². The Bertz CT molecular complexity index is 697. The van der Waals surface area contributed by atoms with E-state index in [1.165, 1.54) is 26.2 Å². The highest BCUT2D eigenvalue weighted by atomic mass is 19.1. The Hall–Kier alpha value is -2.54. The van der Waals surface area contributed by atoms with Crippen molar-refractivity contribution >= 4 is 11.7 Å². The van der Waals surface area contributed by atoms with Crippen molar-refractivity contribution in [2.24, 2.45) is 0 Å². The van der Waals surface area contributed by atoms with Crippen molar-refractivity contribution in [1.29, 1.82) is 0 Å². The van der Waals surface area contributed by atoms with Crippen molar-refractivity contribution in [3.8, 4) is 5.75 Å². The highest BCUT2D eigenvalue weighted by molar-refractivity contribution is 5.90. The molecular formula is C16H19FN2O4. The summed E-state index contributed by atoms with van der Waals surface area (Å²) in [5.41, 5.74) is -1.03. The Kier molecular flexibility index (Phi) is 4.90. The summed E-state index contributed by atoms with van der Waals surface area (Å²) in [6.45, 7) is 3.24. The number of hydrogen-bond donors (Lipinski definition) is 3. The van der Waals surface area contributed by atoms with Crippen molar-refractivity contribution in [2.45, 2.75) is 19.4 Å². The van der Waals surface area contributed by atoms with Gasteiger partial charge in [0.2, 0.25) is 0 Å². The second-order valence-electron chi connectivity index (χ2n) is 5.34. The van der Waals surface area contributed by atoms with Gasteiger partial charge in [0, 0.05) is 6.07 Å². The van der Waals surface area contributed by atoms with Gasteiger partial charge in [0.15, 0.2) is 0 Å². The van der Waals surface area contributed by atoms with E-state index < -0.39 is 17.4 Å². The van der Waals surface area contributed by atoms with Crippen LogP contribution in [0.25, 0.3) is 0 Å². The number of benzene rings is 1. The van der Waals surface area contributed by atoms with E-state index in [0.29, 0.717) is 17.2 Å². The van der Waals surface area contributed by atoms with E-state index in [0.717, 1.165) is 6.07 Å². The number of hydrogen-bond acceptors (Lipinski definition) is 4. The Morgan fingerprint density at radius 1 is 1.39 bits per heavy atom. The number of furan rings is 1. The van der Waals surface area contributed by atoms with Gasteiger partial charge in [0.05, 0.1) is 19.3 Å². The summed E-state index contributed by atoms with van der Waals surface area (Å²) in [6.07, 6.45) is 0. The van der Waals surface area contributed by atoms with E-state index in [1.54, 1.807) is 19.1 Å². The van der Waals surface area contributed by atoms with Crippen LogP contribution in [0.3, 0.4) is 0 Å². The third kappa shape index (κ3) is 4.23. The van der Waals surface area contributed by atoms with Gasteiger partial charge in [-0.15, -0.1) is 0 Å². The van der Waals surface area contributed by atoms with Gasteiger partial charge in [-0.25, -0.2) is 9.18 Å². The quantitative estimate of drug-likeness (QED) is 0.790. The highest BCUT2D eigenvalue weighted by Crippen LogP contribution is 2.25. The van der Waals surface area contributed by atoms with Crippen LogP contribution >= 0.6 is 0 Å². The molecule has 124 valence electrons. The molecule has 2 amide bonds. The minimum atomic E-state index is -1.35. The summed E-state index contributed by atoms with van der Waals surface area (Å²) in [5.74, 6) is 0.757. The molecule has 1 unspecified atom stereocenters. The van der Waals surface area contributed by atoms with E-state index in [4.69, 9.17) is 9.15 Å². The predicted octanol–water partition coefficient (Wildman–Crippen LogP) is 2.76. The number of aliphatic hydroxyl groups is 1. The SMILES string of the molecule is COc1cc(F)ccc1NC(=O)NCC(C)(O)c1ccc(C)o1. The molecule has 0 fully saturated rings. The number of halogens is 1. The number of anilines is 1. The molecule has 0 aliphatic carbocycles. The maximum atomic E-state index is 13.1. The molecule has 7 heteroatoms. The monoisotopic (exact) mass is 322 g/mol. The molecule has 0 saturated carbocycles. The first-order valence-electron chi connectivity index (χ1n) is 6.99. The van der Waals surface area contributed by atoms with Crippen LogP contribution in [0.2, 0.25) is 0 Å². The van der Waals surface area contributed by atoms with E-state index in [2.05, 4.69) is 10.6 Å². The largest absolute Gasteiger partial charge is 0.494 e. The van der Waals surface area contributed by atoms with Crippen molar-refractivity contribution in [3.63, 3.8) is 0 Å². The second-order valence-corrected chi connectivity index (χ2v) is 5.34. The molecule has 0 radical (unpaired) electrons. The van der Waals surface area contributed by atoms with Crippen LogP contribution in [0.15, 0.2) is 34.7 Å². The highest BCUT2D eigenvalue weighted by Gasteiger charge is 2.27. The molecule has 0 aliphatic heterocycles. The number of rotatable bonds is 5. The number of aryl methyl sites for hydroxylation is 1. The second kappa shape index (κ2) is 6.70. The van der Waals surface area contributed by atoms with Crippen LogP contribution in [0.4, 0.5) is 14.9 Å². The number of methoxy groups -OCH3 is 1. The first-order valence-corrected chi connectivity index (χ1v) is 6.99. The van der Waals surface area contributed by atoms with E-state index in [1.807, 2.05) is 0 Å². The molecule has 1 atom stereocenters. The first-order chi connectivity index (χ1) is 10.8. The fourth-order valence-corrected chi connectivity index (χ4v) is 2.00. The minimum Gasteiger partial charge on any atom is -0.494 e. The standard InChI is InChI=1S/C16H19FN2O4/c1-10-4-7-14(23-10)16(2,21)9-18-15(20)19-12-6-5-11(17)8-13(12)22-3/h4-8,21H,9H2,1-3H3,(H2,18,19,20). The van der Waals surface area contributed by atoms with Crippen LogP contribution in [0.5, 0.6) is 5.75 Å². The lowest BCUT2D eigenvalue weighted by molar-refractivity contribution is 0.0364.